The van der Waals surface area contributed by atoms with E-state index in [-0.39, 0.29) is 0 Å². The minimum absolute atomic E-state index is 0.356. The lowest BCUT2D eigenvalue weighted by Gasteiger charge is -2.57. The van der Waals surface area contributed by atoms with Gasteiger partial charge in [0.25, 0.3) is 0 Å². The summed E-state index contributed by atoms with van der Waals surface area (Å²) < 4.78 is 2.40. The Bertz CT molecular complexity index is 3560. The molecule has 8 aliphatic carbocycles. The number of benzene rings is 7. The summed E-state index contributed by atoms with van der Waals surface area (Å²) in [4.78, 5) is 16.1. The highest BCUT2D eigenvalue weighted by Crippen LogP contribution is 2.62. The van der Waals surface area contributed by atoms with E-state index < -0.39 is 0 Å². The number of thiophene rings is 1. The van der Waals surface area contributed by atoms with Crippen LogP contribution in [0.1, 0.15) is 93.7 Å². The molecule has 4 nitrogen and oxygen atoms in total. The average Bonchev–Trinajstić information content (AvgIpc) is 3.77. The van der Waals surface area contributed by atoms with Crippen molar-refractivity contribution in [3.63, 3.8) is 0 Å². The van der Waals surface area contributed by atoms with E-state index in [1.807, 2.05) is 12.1 Å². The monoisotopic (exact) mass is 936 g/mol. The van der Waals surface area contributed by atoms with E-state index in [4.69, 9.17) is 15.0 Å². The van der Waals surface area contributed by atoms with Crippen molar-refractivity contribution < 1.29 is 0 Å². The van der Waals surface area contributed by atoms with E-state index in [2.05, 4.69) is 152 Å². The van der Waals surface area contributed by atoms with Gasteiger partial charge in [-0.15, -0.1) is 11.3 Å². The lowest BCUT2D eigenvalue weighted by molar-refractivity contribution is -0.00530. The summed E-state index contributed by atoms with van der Waals surface area (Å²) in [6.07, 6.45) is 17.0. The zero-order chi connectivity index (χ0) is 46.8. The van der Waals surface area contributed by atoms with E-state index in [0.717, 1.165) is 74.3 Å². The molecule has 0 aliphatic heterocycles. The molecule has 0 spiro atoms. The summed E-state index contributed by atoms with van der Waals surface area (Å²) in [6, 6.07) is 60.4. The van der Waals surface area contributed by atoms with Gasteiger partial charge in [0.05, 0.1) is 11.6 Å². The molecule has 2 aromatic heterocycles. The smallest absolute Gasteiger partial charge is 0.164 e. The summed E-state index contributed by atoms with van der Waals surface area (Å²) in [6.45, 7) is 0. The molecule has 8 fully saturated rings. The van der Waals surface area contributed by atoms with E-state index in [1.165, 1.54) is 109 Å². The predicted octanol–water partition coefficient (Wildman–Crippen LogP) is 17.0. The van der Waals surface area contributed by atoms with Gasteiger partial charge in [0, 0.05) is 36.9 Å². The highest BCUT2D eigenvalue weighted by atomic mass is 32.1. The van der Waals surface area contributed by atoms with Gasteiger partial charge in [-0.1, -0.05) is 115 Å². The number of fused-ring (bicyclic) bond motifs is 3. The van der Waals surface area contributed by atoms with Gasteiger partial charge in [0.2, 0.25) is 0 Å². The summed E-state index contributed by atoms with van der Waals surface area (Å²) in [5.41, 5.74) is 14.3. The molecule has 8 aliphatic rings. The quantitative estimate of drug-likeness (QED) is 0.152. The first-order valence-electron chi connectivity index (χ1n) is 26.5. The highest BCUT2D eigenvalue weighted by Gasteiger charge is 2.52. The van der Waals surface area contributed by atoms with Gasteiger partial charge in [-0.25, -0.2) is 15.0 Å². The standard InChI is InChI=1S/C66H56N4S/c67-39-40-11-21-60-58(29-40)59-32-51(16-22-61(59)71-60)50-6-4-8-53(31-50)63-68-62(52-7-3-5-49(30-52)47-12-17-54(18-13-47)65-33-41-23-42(34-65)25-43(24-41)35-65)69-64(70-63)57-10-2-1-9-56(57)48-14-19-55(20-15-48)66-36-44-26-45(37-66)28-46(27-44)38-66/h1-22,29-32,41-46H,23-28,33-38H2/t41-,42+,43-,44-,45+,46-,65?,66?. The summed E-state index contributed by atoms with van der Waals surface area (Å²) in [5, 5.41) is 12.0. The number of nitriles is 1. The summed E-state index contributed by atoms with van der Waals surface area (Å²) in [7, 11) is 0. The molecule has 346 valence electrons. The maximum atomic E-state index is 9.71. The van der Waals surface area contributed by atoms with Crippen molar-refractivity contribution in [1.82, 2.24) is 15.0 Å². The molecule has 5 heteroatoms. The average molecular weight is 937 g/mol. The predicted molar refractivity (Wildman–Crippen MR) is 290 cm³/mol. The van der Waals surface area contributed by atoms with Crippen molar-refractivity contribution in [2.24, 2.45) is 35.5 Å². The zero-order valence-corrected chi connectivity index (χ0v) is 41.0. The molecule has 0 radical (unpaired) electrons. The second-order valence-corrected chi connectivity index (χ2v) is 24.3. The van der Waals surface area contributed by atoms with Gasteiger partial charge in [-0.3, -0.25) is 0 Å². The van der Waals surface area contributed by atoms with Gasteiger partial charge < -0.3 is 0 Å². The Morgan fingerprint density at radius 3 is 1.34 bits per heavy atom. The van der Waals surface area contributed by atoms with Crippen LogP contribution in [0.3, 0.4) is 0 Å². The number of nitrogens with zero attached hydrogens (tertiary/aromatic N) is 4. The summed E-state index contributed by atoms with van der Waals surface area (Å²) in [5.74, 6) is 7.49. The van der Waals surface area contributed by atoms with E-state index in [1.54, 1.807) is 22.5 Å². The second-order valence-electron chi connectivity index (χ2n) is 23.2. The number of hydrogen-bond acceptors (Lipinski definition) is 5. The second kappa shape index (κ2) is 16.1. The van der Waals surface area contributed by atoms with Gasteiger partial charge >= 0.3 is 0 Å². The van der Waals surface area contributed by atoms with E-state index in [9.17, 15) is 5.26 Å². The summed E-state index contributed by atoms with van der Waals surface area (Å²) >= 11 is 1.77. The minimum Gasteiger partial charge on any atom is -0.208 e. The zero-order valence-electron chi connectivity index (χ0n) is 40.2. The van der Waals surface area contributed by atoms with Crippen LogP contribution in [-0.2, 0) is 10.8 Å². The van der Waals surface area contributed by atoms with Gasteiger partial charge in [-0.2, -0.15) is 5.26 Å². The molecule has 0 N–H and O–H groups in total. The first kappa shape index (κ1) is 42.0. The van der Waals surface area contributed by atoms with Crippen LogP contribution in [0.4, 0.5) is 0 Å². The molecule has 8 saturated carbocycles. The van der Waals surface area contributed by atoms with Gasteiger partial charge in [-0.05, 0) is 210 Å². The van der Waals surface area contributed by atoms with Crippen molar-refractivity contribution in [2.45, 2.75) is 87.9 Å². The van der Waals surface area contributed by atoms with Crippen LogP contribution in [0, 0.1) is 46.8 Å². The molecule has 8 bridgehead atoms. The lowest BCUT2D eigenvalue weighted by atomic mass is 9.48. The topological polar surface area (TPSA) is 62.5 Å². The Kier molecular flexibility index (Phi) is 9.54. The minimum atomic E-state index is 0.356. The van der Waals surface area contributed by atoms with Crippen molar-refractivity contribution >= 4 is 31.5 Å². The third-order valence-corrected chi connectivity index (χ3v) is 19.8. The Morgan fingerprint density at radius 2 is 0.803 bits per heavy atom. The molecule has 71 heavy (non-hydrogen) atoms. The SMILES string of the molecule is N#Cc1ccc2sc3ccc(-c4cccc(-c5nc(-c6cccc(-c7ccc(C89C[C@H]%10C[C@@H](C8)C[C@@H](C9)C%10)cc7)c6)nc(-c6ccccc6-c6ccc(C78C[C@H]9C[C@@H](C7)C[C@@H](C8)C9)cc6)n5)c4)cc3c2c1. The van der Waals surface area contributed by atoms with Crippen LogP contribution < -0.4 is 0 Å². The highest BCUT2D eigenvalue weighted by molar-refractivity contribution is 7.25. The van der Waals surface area contributed by atoms with Crippen LogP contribution in [-0.4, -0.2) is 15.0 Å². The van der Waals surface area contributed by atoms with Crippen molar-refractivity contribution in [2.75, 3.05) is 0 Å². The fraction of sp³-hybridized carbons (Fsp3) is 0.303. The molecular formula is C66H56N4S. The molecule has 0 saturated heterocycles. The molecule has 0 atom stereocenters. The van der Waals surface area contributed by atoms with E-state index >= 15 is 0 Å². The third kappa shape index (κ3) is 7.15. The molecule has 2 heterocycles. The molecule has 17 rings (SSSR count). The van der Waals surface area contributed by atoms with Crippen LogP contribution >= 0.6 is 11.3 Å². The maximum Gasteiger partial charge on any atom is 0.164 e. The van der Waals surface area contributed by atoms with Gasteiger partial charge in [0.1, 0.15) is 0 Å². The van der Waals surface area contributed by atoms with Crippen molar-refractivity contribution in [1.29, 1.82) is 5.26 Å². The lowest BCUT2D eigenvalue weighted by Crippen LogP contribution is -2.48. The largest absolute Gasteiger partial charge is 0.208 e. The molecular weight excluding hydrogens is 881 g/mol. The first-order chi connectivity index (χ1) is 34.9. The van der Waals surface area contributed by atoms with Crippen LogP contribution in [0.5, 0.6) is 0 Å². The van der Waals surface area contributed by atoms with Crippen molar-refractivity contribution in [3.05, 3.63) is 174 Å². The molecule has 9 aromatic rings. The van der Waals surface area contributed by atoms with Crippen LogP contribution in [0.25, 0.3) is 87.7 Å². The maximum absolute atomic E-state index is 9.71. The number of rotatable bonds is 8. The molecule has 7 aromatic carbocycles. The Hall–Kier alpha value is -6.74. The Morgan fingerprint density at radius 1 is 0.380 bits per heavy atom. The third-order valence-electron chi connectivity index (χ3n) is 18.7. The Labute approximate surface area is 420 Å². The van der Waals surface area contributed by atoms with Crippen LogP contribution in [0.2, 0.25) is 0 Å². The van der Waals surface area contributed by atoms with E-state index in [0.29, 0.717) is 33.9 Å². The molecule has 0 amide bonds. The normalized spacial score (nSPS) is 26.9. The van der Waals surface area contributed by atoms with Crippen molar-refractivity contribution in [3.8, 4) is 73.6 Å². The fourth-order valence-electron chi connectivity index (χ4n) is 16.3. The molecule has 0 unspecified atom stereocenters. The van der Waals surface area contributed by atoms with Gasteiger partial charge in [0.15, 0.2) is 17.5 Å². The Balaban J connectivity index is 0.817. The fourth-order valence-corrected chi connectivity index (χ4v) is 17.4. The number of aromatic nitrogens is 3. The number of hydrogen-bond donors (Lipinski definition) is 0. The van der Waals surface area contributed by atoms with Crippen LogP contribution in [0.15, 0.2) is 158 Å². The first-order valence-corrected chi connectivity index (χ1v) is 27.3.